The molecule has 0 aliphatic heterocycles. The highest BCUT2D eigenvalue weighted by molar-refractivity contribution is 7.97. The van der Waals surface area contributed by atoms with Gasteiger partial charge >= 0.3 is 0 Å². The zero-order valence-electron chi connectivity index (χ0n) is 10.1. The number of hydrogen-bond donors (Lipinski definition) is 0. The lowest BCUT2D eigenvalue weighted by Crippen LogP contribution is -2.27. The molecule has 0 aliphatic carbocycles. The quantitative estimate of drug-likeness (QED) is 0.499. The second-order valence-electron chi connectivity index (χ2n) is 3.62. The number of benzene rings is 1. The molecule has 1 rings (SSSR count). The summed E-state index contributed by atoms with van der Waals surface area (Å²) in [6, 6.07) is 10.6. The SMILES string of the molecule is C=CCC(C=C)N([14CH2]C=C)S[14c]1ccccc1. The Hall–Kier alpha value is -1.25. The van der Waals surface area contributed by atoms with E-state index in [-0.39, 0.29) is 6.04 Å². The molecule has 0 spiro atoms. The molecule has 0 amide bonds. The summed E-state index contributed by atoms with van der Waals surface area (Å²) in [6.07, 6.45) is 6.70. The Morgan fingerprint density at radius 2 is 1.94 bits per heavy atom. The average molecular weight is 249 g/mol. The number of rotatable bonds is 8. The molecule has 0 bridgehead atoms. The molecular formula is C15H19NS. The smallest absolute Gasteiger partial charge is 0.0421 e. The highest BCUT2D eigenvalue weighted by atomic mass is 32.2. The highest BCUT2D eigenvalue weighted by Crippen LogP contribution is 2.26. The molecule has 1 aromatic rings. The maximum Gasteiger partial charge on any atom is 0.0421 e. The molecule has 0 aromatic heterocycles. The van der Waals surface area contributed by atoms with Crippen molar-refractivity contribution in [1.82, 2.24) is 4.31 Å². The van der Waals surface area contributed by atoms with Crippen molar-refractivity contribution >= 4 is 11.9 Å². The van der Waals surface area contributed by atoms with Crippen LogP contribution in [-0.2, 0) is 0 Å². The van der Waals surface area contributed by atoms with Gasteiger partial charge in [-0.05, 0) is 30.5 Å². The standard InChI is InChI=1S/C15H19NS/c1-4-10-14(6-3)16(13-5-2)17-15-11-8-7-9-12-15/h4-9,11-12,14H,1-3,10,13H2/i13+2,15+2. The third-order valence-electron chi connectivity index (χ3n) is 2.33. The largest absolute Gasteiger partial charge is 0.235 e. The summed E-state index contributed by atoms with van der Waals surface area (Å²) in [4.78, 5) is 1.23. The second kappa shape index (κ2) is 7.93. The van der Waals surface area contributed by atoms with E-state index < -0.39 is 0 Å². The molecule has 0 radical (unpaired) electrons. The van der Waals surface area contributed by atoms with Crippen molar-refractivity contribution in [2.75, 3.05) is 6.54 Å². The number of hydrogen-bond acceptors (Lipinski definition) is 2. The summed E-state index contributed by atoms with van der Waals surface area (Å²) in [5, 5.41) is 0. The fourth-order valence-electron chi connectivity index (χ4n) is 1.49. The third-order valence-corrected chi connectivity index (χ3v) is 3.46. The minimum atomic E-state index is 0.288. The van der Waals surface area contributed by atoms with E-state index in [1.165, 1.54) is 4.90 Å². The van der Waals surface area contributed by atoms with E-state index in [2.05, 4.69) is 36.2 Å². The Balaban J connectivity index is 2.74. The van der Waals surface area contributed by atoms with E-state index >= 15 is 0 Å². The maximum atomic E-state index is 3.89. The van der Waals surface area contributed by atoms with Gasteiger partial charge in [0.25, 0.3) is 0 Å². The predicted molar refractivity (Wildman–Crippen MR) is 78.0 cm³/mol. The first-order valence-electron chi connectivity index (χ1n) is 5.65. The van der Waals surface area contributed by atoms with Crippen molar-refractivity contribution in [2.45, 2.75) is 17.4 Å². The first-order valence-corrected chi connectivity index (χ1v) is 6.43. The van der Waals surface area contributed by atoms with Gasteiger partial charge < -0.3 is 0 Å². The predicted octanol–water partition coefficient (Wildman–Crippen LogP) is 4.31. The molecule has 17 heavy (non-hydrogen) atoms. The Labute approximate surface area is 109 Å². The van der Waals surface area contributed by atoms with Crippen LogP contribution in [0.15, 0.2) is 73.2 Å². The van der Waals surface area contributed by atoms with Crippen molar-refractivity contribution in [3.8, 4) is 0 Å². The van der Waals surface area contributed by atoms with Crippen molar-refractivity contribution in [1.29, 1.82) is 0 Å². The molecule has 0 saturated carbocycles. The summed E-state index contributed by atoms with van der Waals surface area (Å²) < 4.78 is 2.26. The molecule has 0 aliphatic rings. The first-order chi connectivity index (χ1) is 8.31. The van der Waals surface area contributed by atoms with Crippen LogP contribution >= 0.6 is 11.9 Å². The van der Waals surface area contributed by atoms with Gasteiger partial charge in [-0.15, -0.1) is 19.7 Å². The van der Waals surface area contributed by atoms with Gasteiger partial charge in [-0.3, -0.25) is 0 Å². The van der Waals surface area contributed by atoms with Gasteiger partial charge in [0.2, 0.25) is 0 Å². The normalized spacial score (nSPS) is 12.1. The Bertz CT molecular complexity index is 358. The van der Waals surface area contributed by atoms with Crippen LogP contribution < -0.4 is 0 Å². The van der Waals surface area contributed by atoms with Gasteiger partial charge in [-0.1, -0.05) is 36.4 Å². The van der Waals surface area contributed by atoms with Gasteiger partial charge in [-0.25, -0.2) is 4.31 Å². The summed E-state index contributed by atoms with van der Waals surface area (Å²) >= 11 is 1.73. The minimum absolute atomic E-state index is 0.288. The van der Waals surface area contributed by atoms with Crippen LogP contribution in [-0.4, -0.2) is 16.9 Å². The molecule has 0 heterocycles. The summed E-state index contributed by atoms with van der Waals surface area (Å²) in [6.45, 7) is 12.3. The van der Waals surface area contributed by atoms with Gasteiger partial charge in [0.05, 0.1) is 0 Å². The lowest BCUT2D eigenvalue weighted by atomic mass is 10.2. The Morgan fingerprint density at radius 3 is 2.47 bits per heavy atom. The van der Waals surface area contributed by atoms with Gasteiger partial charge in [0.1, 0.15) is 0 Å². The fraction of sp³-hybridized carbons (Fsp3) is 0.200. The molecule has 0 N–H and O–H groups in total. The highest BCUT2D eigenvalue weighted by Gasteiger charge is 2.13. The topological polar surface area (TPSA) is 3.24 Å². The van der Waals surface area contributed by atoms with Gasteiger partial charge in [0.15, 0.2) is 0 Å². The van der Waals surface area contributed by atoms with E-state index in [1.54, 1.807) is 11.9 Å². The molecule has 1 atom stereocenters. The molecule has 90 valence electrons. The molecular weight excluding hydrogens is 230 g/mol. The van der Waals surface area contributed by atoms with Crippen molar-refractivity contribution in [2.24, 2.45) is 0 Å². The van der Waals surface area contributed by atoms with E-state index in [0.29, 0.717) is 0 Å². The van der Waals surface area contributed by atoms with Crippen LogP contribution in [0.3, 0.4) is 0 Å². The van der Waals surface area contributed by atoms with E-state index in [4.69, 9.17) is 0 Å². The van der Waals surface area contributed by atoms with Crippen molar-refractivity contribution in [3.05, 3.63) is 68.3 Å². The zero-order chi connectivity index (χ0) is 12.5. The zero-order valence-corrected chi connectivity index (χ0v) is 10.9. The first kappa shape index (κ1) is 13.8. The van der Waals surface area contributed by atoms with Crippen LogP contribution in [0, 0.1) is 0 Å². The summed E-state index contributed by atoms with van der Waals surface area (Å²) in [7, 11) is 0. The van der Waals surface area contributed by atoms with E-state index in [9.17, 15) is 0 Å². The van der Waals surface area contributed by atoms with Gasteiger partial charge in [0, 0.05) is 17.5 Å². The molecule has 1 aromatic carbocycles. The summed E-state index contributed by atoms with van der Waals surface area (Å²) in [5.74, 6) is 0. The minimum Gasteiger partial charge on any atom is -0.235 e. The lowest BCUT2D eigenvalue weighted by Gasteiger charge is -2.26. The maximum absolute atomic E-state index is 3.89. The van der Waals surface area contributed by atoms with Crippen molar-refractivity contribution < 1.29 is 0 Å². The van der Waals surface area contributed by atoms with Crippen LogP contribution in [0.4, 0.5) is 0 Å². The fourth-order valence-corrected chi connectivity index (χ4v) is 2.52. The summed E-state index contributed by atoms with van der Waals surface area (Å²) in [5.41, 5.74) is 0. The second-order valence-corrected chi connectivity index (χ2v) is 4.74. The average Bonchev–Trinajstić information content (AvgIpc) is 2.37. The molecule has 0 saturated heterocycles. The van der Waals surface area contributed by atoms with E-state index in [1.807, 2.05) is 36.4 Å². The Morgan fingerprint density at radius 1 is 1.24 bits per heavy atom. The lowest BCUT2D eigenvalue weighted by molar-refractivity contribution is 0.444. The molecule has 1 unspecified atom stereocenters. The molecule has 0 fully saturated rings. The molecule has 2 heteroatoms. The van der Waals surface area contributed by atoms with Crippen molar-refractivity contribution in [3.63, 3.8) is 0 Å². The van der Waals surface area contributed by atoms with Gasteiger partial charge in [-0.2, -0.15) is 0 Å². The molecule has 1 nitrogen and oxygen atoms in total. The monoisotopic (exact) mass is 249 g/mol. The Kier molecular flexibility index (Phi) is 6.45. The van der Waals surface area contributed by atoms with Crippen LogP contribution in [0.25, 0.3) is 0 Å². The van der Waals surface area contributed by atoms with E-state index in [0.717, 1.165) is 13.0 Å². The number of nitrogens with zero attached hydrogens (tertiary/aromatic N) is 1. The third kappa shape index (κ3) is 4.63. The van der Waals surface area contributed by atoms with Crippen LogP contribution in [0.1, 0.15) is 6.42 Å². The van der Waals surface area contributed by atoms with Crippen LogP contribution in [0.5, 0.6) is 0 Å². The van der Waals surface area contributed by atoms with Crippen LogP contribution in [0.2, 0.25) is 0 Å².